The van der Waals surface area contributed by atoms with Crippen molar-refractivity contribution in [2.45, 2.75) is 77.7 Å². The number of nitrogens with one attached hydrogen (secondary N) is 1. The molecule has 0 heterocycles. The van der Waals surface area contributed by atoms with E-state index in [2.05, 4.69) is 26.2 Å². The number of hydrogen-bond acceptors (Lipinski definition) is 1. The lowest BCUT2D eigenvalue weighted by Crippen LogP contribution is -2.39. The second-order valence-corrected chi connectivity index (χ2v) is 8.57. The van der Waals surface area contributed by atoms with Crippen molar-refractivity contribution in [3.8, 4) is 0 Å². The Hall–Kier alpha value is -0.0400. The highest BCUT2D eigenvalue weighted by Gasteiger charge is 2.41. The topological polar surface area (TPSA) is 12.0 Å². The Bertz CT molecular complexity index is 299. The van der Waals surface area contributed by atoms with Gasteiger partial charge in [0.1, 0.15) is 0 Å². The Morgan fingerprint density at radius 2 is 1.79 bits per heavy atom. The number of hydrogen-bond donors (Lipinski definition) is 1. The first-order chi connectivity index (χ1) is 9.07. The van der Waals surface area contributed by atoms with E-state index in [0.29, 0.717) is 5.41 Å². The molecule has 4 unspecified atom stereocenters. The lowest BCUT2D eigenvalue weighted by molar-refractivity contribution is 0.144. The summed E-state index contributed by atoms with van der Waals surface area (Å²) in [5.74, 6) is 4.22. The minimum absolute atomic E-state index is 0.612. The largest absolute Gasteiger partial charge is 0.317 e. The van der Waals surface area contributed by atoms with Gasteiger partial charge in [-0.05, 0) is 87.5 Å². The van der Waals surface area contributed by atoms with Gasteiger partial charge in [-0.3, -0.25) is 0 Å². The van der Waals surface area contributed by atoms with Crippen LogP contribution in [0.2, 0.25) is 0 Å². The van der Waals surface area contributed by atoms with Gasteiger partial charge < -0.3 is 5.32 Å². The fourth-order valence-electron chi connectivity index (χ4n) is 5.36. The molecule has 110 valence electrons. The lowest BCUT2D eigenvalue weighted by Gasteiger charge is -2.39. The Morgan fingerprint density at radius 3 is 2.32 bits per heavy atom. The highest BCUT2D eigenvalue weighted by molar-refractivity contribution is 4.93. The summed E-state index contributed by atoms with van der Waals surface area (Å²) in [6.45, 7) is 4.90. The number of rotatable bonds is 4. The van der Waals surface area contributed by atoms with E-state index < -0.39 is 0 Å². The molecule has 2 bridgehead atoms. The van der Waals surface area contributed by atoms with Crippen molar-refractivity contribution in [3.63, 3.8) is 0 Å². The maximum absolute atomic E-state index is 3.69. The van der Waals surface area contributed by atoms with E-state index in [4.69, 9.17) is 0 Å². The van der Waals surface area contributed by atoms with Crippen molar-refractivity contribution in [1.82, 2.24) is 5.32 Å². The molecule has 3 rings (SSSR count). The van der Waals surface area contributed by atoms with Crippen LogP contribution in [0.5, 0.6) is 0 Å². The van der Waals surface area contributed by atoms with E-state index in [9.17, 15) is 0 Å². The molecule has 3 aliphatic rings. The van der Waals surface area contributed by atoms with E-state index in [1.165, 1.54) is 32.1 Å². The molecule has 0 aromatic heterocycles. The SMILES string of the molecule is CNC(CC1CC2CCC1C2)C1CCC(C)(C)CC1. The molecule has 0 aromatic carbocycles. The van der Waals surface area contributed by atoms with Crippen molar-refractivity contribution in [1.29, 1.82) is 0 Å². The average Bonchev–Trinajstić information content (AvgIpc) is 2.98. The summed E-state index contributed by atoms with van der Waals surface area (Å²) >= 11 is 0. The predicted molar refractivity (Wildman–Crippen MR) is 82.1 cm³/mol. The minimum Gasteiger partial charge on any atom is -0.317 e. The van der Waals surface area contributed by atoms with Crippen molar-refractivity contribution in [3.05, 3.63) is 0 Å². The van der Waals surface area contributed by atoms with E-state index >= 15 is 0 Å². The smallest absolute Gasteiger partial charge is 0.00950 e. The molecule has 1 N–H and O–H groups in total. The average molecular weight is 263 g/mol. The molecule has 0 amide bonds. The summed E-state index contributed by atoms with van der Waals surface area (Å²) in [6, 6.07) is 0.806. The Labute approximate surface area is 119 Å². The molecule has 4 atom stereocenters. The van der Waals surface area contributed by atoms with Crippen LogP contribution in [0.4, 0.5) is 0 Å². The third-order valence-corrected chi connectivity index (χ3v) is 6.76. The van der Waals surface area contributed by atoms with Gasteiger partial charge in [-0.2, -0.15) is 0 Å². The second-order valence-electron chi connectivity index (χ2n) is 8.57. The first-order valence-electron chi connectivity index (χ1n) is 8.74. The van der Waals surface area contributed by atoms with Crippen LogP contribution in [0.15, 0.2) is 0 Å². The van der Waals surface area contributed by atoms with E-state index in [-0.39, 0.29) is 0 Å². The van der Waals surface area contributed by atoms with Crippen LogP contribution in [-0.2, 0) is 0 Å². The molecule has 0 aromatic rings. The summed E-state index contributed by atoms with van der Waals surface area (Å²) in [6.07, 6.45) is 13.5. The quantitative estimate of drug-likeness (QED) is 0.780. The molecule has 1 heteroatoms. The maximum atomic E-state index is 3.69. The fraction of sp³-hybridized carbons (Fsp3) is 1.00. The Balaban J connectivity index is 1.53. The highest BCUT2D eigenvalue weighted by atomic mass is 14.9. The first-order valence-corrected chi connectivity index (χ1v) is 8.74. The summed E-state index contributed by atoms with van der Waals surface area (Å²) in [7, 11) is 2.21. The maximum Gasteiger partial charge on any atom is 0.00950 e. The molecule has 3 saturated carbocycles. The monoisotopic (exact) mass is 263 g/mol. The molecule has 3 aliphatic carbocycles. The molecule has 0 spiro atoms. The third kappa shape index (κ3) is 3.01. The van der Waals surface area contributed by atoms with E-state index in [0.717, 1.165) is 29.7 Å². The third-order valence-electron chi connectivity index (χ3n) is 6.76. The van der Waals surface area contributed by atoms with Gasteiger partial charge in [-0.15, -0.1) is 0 Å². The van der Waals surface area contributed by atoms with Gasteiger partial charge >= 0.3 is 0 Å². The summed E-state index contributed by atoms with van der Waals surface area (Å²) in [4.78, 5) is 0. The van der Waals surface area contributed by atoms with Crippen LogP contribution in [-0.4, -0.2) is 13.1 Å². The van der Waals surface area contributed by atoms with Gasteiger partial charge in [0.15, 0.2) is 0 Å². The zero-order valence-electron chi connectivity index (χ0n) is 13.3. The van der Waals surface area contributed by atoms with Crippen LogP contribution in [0, 0.1) is 29.1 Å². The molecular formula is C18H33N. The van der Waals surface area contributed by atoms with Crippen LogP contribution in [0.25, 0.3) is 0 Å². The van der Waals surface area contributed by atoms with Crippen molar-refractivity contribution < 1.29 is 0 Å². The van der Waals surface area contributed by atoms with Crippen LogP contribution in [0.1, 0.15) is 71.6 Å². The molecule has 3 fully saturated rings. The summed E-state index contributed by atoms with van der Waals surface area (Å²) < 4.78 is 0. The first kappa shape index (κ1) is 13.9. The molecular weight excluding hydrogens is 230 g/mol. The van der Waals surface area contributed by atoms with Gasteiger partial charge in [-0.1, -0.05) is 20.3 Å². The summed E-state index contributed by atoms with van der Waals surface area (Å²) in [5.41, 5.74) is 0.612. The van der Waals surface area contributed by atoms with Gasteiger partial charge in [-0.25, -0.2) is 0 Å². The zero-order valence-corrected chi connectivity index (χ0v) is 13.3. The second kappa shape index (κ2) is 5.39. The van der Waals surface area contributed by atoms with Gasteiger partial charge in [0.2, 0.25) is 0 Å². The van der Waals surface area contributed by atoms with Gasteiger partial charge in [0, 0.05) is 6.04 Å². The van der Waals surface area contributed by atoms with Gasteiger partial charge in [0.05, 0.1) is 0 Å². The molecule has 0 saturated heterocycles. The van der Waals surface area contributed by atoms with Crippen LogP contribution < -0.4 is 5.32 Å². The molecule has 0 radical (unpaired) electrons. The standard InChI is InChI=1S/C18H33N/c1-18(2)8-6-14(7-9-18)17(19-3)12-16-11-13-4-5-15(16)10-13/h13-17,19H,4-12H2,1-3H3. The van der Waals surface area contributed by atoms with Crippen molar-refractivity contribution >= 4 is 0 Å². The van der Waals surface area contributed by atoms with E-state index in [1.807, 2.05) is 0 Å². The van der Waals surface area contributed by atoms with Gasteiger partial charge in [0.25, 0.3) is 0 Å². The molecule has 19 heavy (non-hydrogen) atoms. The summed E-state index contributed by atoms with van der Waals surface area (Å²) in [5, 5.41) is 3.69. The number of fused-ring (bicyclic) bond motifs is 2. The predicted octanol–water partition coefficient (Wildman–Crippen LogP) is 4.62. The van der Waals surface area contributed by atoms with Crippen molar-refractivity contribution in [2.75, 3.05) is 7.05 Å². The lowest BCUT2D eigenvalue weighted by atomic mass is 9.69. The zero-order chi connectivity index (χ0) is 13.5. The Kier molecular flexibility index (Phi) is 3.95. The minimum atomic E-state index is 0.612. The van der Waals surface area contributed by atoms with Crippen LogP contribution in [0.3, 0.4) is 0 Å². The Morgan fingerprint density at radius 1 is 1.05 bits per heavy atom. The van der Waals surface area contributed by atoms with E-state index in [1.54, 1.807) is 25.7 Å². The normalized spacial score (nSPS) is 39.6. The van der Waals surface area contributed by atoms with Crippen molar-refractivity contribution in [2.24, 2.45) is 29.1 Å². The molecule has 0 aliphatic heterocycles. The highest BCUT2D eigenvalue weighted by Crippen LogP contribution is 2.51. The molecule has 1 nitrogen and oxygen atoms in total. The van der Waals surface area contributed by atoms with Crippen LogP contribution >= 0.6 is 0 Å². The fourth-order valence-corrected chi connectivity index (χ4v) is 5.36.